The SMILES string of the molecule is CCOC(=O)[C@@H](Sc1nc2ccccc2c(=O)n1[C@@H](C)CC)c1ccccc1. The fourth-order valence-corrected chi connectivity index (χ4v) is 4.18. The Hall–Kier alpha value is -2.60. The highest BCUT2D eigenvalue weighted by molar-refractivity contribution is 8.00. The summed E-state index contributed by atoms with van der Waals surface area (Å²) in [6.07, 6.45) is 0.781. The summed E-state index contributed by atoms with van der Waals surface area (Å²) >= 11 is 1.27. The van der Waals surface area contributed by atoms with E-state index in [1.165, 1.54) is 11.8 Å². The third-order valence-corrected chi connectivity index (χ3v) is 5.83. The van der Waals surface area contributed by atoms with Crippen LogP contribution in [0.5, 0.6) is 0 Å². The number of carbonyl (C=O) groups is 1. The van der Waals surface area contributed by atoms with Crippen LogP contribution in [0.15, 0.2) is 64.5 Å². The number of para-hydroxylation sites is 1. The summed E-state index contributed by atoms with van der Waals surface area (Å²) in [5.41, 5.74) is 1.37. The van der Waals surface area contributed by atoms with Crippen molar-refractivity contribution in [1.82, 2.24) is 9.55 Å². The zero-order valence-corrected chi connectivity index (χ0v) is 17.1. The highest BCUT2D eigenvalue weighted by Gasteiger charge is 2.27. The van der Waals surface area contributed by atoms with Crippen LogP contribution in [0.1, 0.15) is 44.0 Å². The van der Waals surface area contributed by atoms with E-state index in [9.17, 15) is 9.59 Å². The van der Waals surface area contributed by atoms with Gasteiger partial charge in [0, 0.05) is 6.04 Å². The van der Waals surface area contributed by atoms with Crippen molar-refractivity contribution in [3.63, 3.8) is 0 Å². The molecule has 5 nitrogen and oxygen atoms in total. The van der Waals surface area contributed by atoms with Crippen molar-refractivity contribution in [3.8, 4) is 0 Å². The Morgan fingerprint density at radius 2 is 1.79 bits per heavy atom. The molecule has 0 saturated heterocycles. The molecule has 0 aliphatic rings. The first-order valence-electron chi connectivity index (χ1n) is 9.46. The van der Waals surface area contributed by atoms with E-state index in [-0.39, 0.29) is 17.6 Å². The van der Waals surface area contributed by atoms with Gasteiger partial charge in [-0.1, -0.05) is 61.2 Å². The van der Waals surface area contributed by atoms with Gasteiger partial charge >= 0.3 is 5.97 Å². The Morgan fingerprint density at radius 1 is 1.11 bits per heavy atom. The summed E-state index contributed by atoms with van der Waals surface area (Å²) in [6, 6.07) is 16.7. The lowest BCUT2D eigenvalue weighted by Gasteiger charge is -2.21. The van der Waals surface area contributed by atoms with Gasteiger partial charge in [-0.15, -0.1) is 0 Å². The molecule has 3 aromatic rings. The van der Waals surface area contributed by atoms with Crippen LogP contribution in [-0.4, -0.2) is 22.1 Å². The second-order valence-electron chi connectivity index (χ2n) is 6.50. The predicted molar refractivity (Wildman–Crippen MR) is 113 cm³/mol. The van der Waals surface area contributed by atoms with Crippen LogP contribution in [-0.2, 0) is 9.53 Å². The Morgan fingerprint density at radius 3 is 2.46 bits per heavy atom. The van der Waals surface area contributed by atoms with Crippen molar-refractivity contribution in [2.45, 2.75) is 43.6 Å². The van der Waals surface area contributed by atoms with Gasteiger partial charge in [-0.2, -0.15) is 0 Å². The van der Waals surface area contributed by atoms with Crippen LogP contribution in [0.25, 0.3) is 10.9 Å². The number of hydrogen-bond acceptors (Lipinski definition) is 5. The van der Waals surface area contributed by atoms with E-state index in [0.717, 1.165) is 12.0 Å². The van der Waals surface area contributed by atoms with E-state index in [1.807, 2.05) is 62.4 Å². The smallest absolute Gasteiger partial charge is 0.324 e. The monoisotopic (exact) mass is 396 g/mol. The zero-order valence-electron chi connectivity index (χ0n) is 16.3. The number of fused-ring (bicyclic) bond motifs is 1. The molecule has 0 amide bonds. The van der Waals surface area contributed by atoms with Crippen LogP contribution in [0.2, 0.25) is 0 Å². The number of rotatable bonds is 7. The molecule has 0 bridgehead atoms. The molecular formula is C22H24N2O3S. The normalized spacial score (nSPS) is 13.2. The predicted octanol–water partition coefficient (Wildman–Crippen LogP) is 4.76. The van der Waals surface area contributed by atoms with Crippen molar-refractivity contribution < 1.29 is 9.53 Å². The molecule has 2 atom stereocenters. The standard InChI is InChI=1S/C22H24N2O3S/c1-4-15(3)24-20(25)17-13-9-10-14-18(17)23-22(24)28-19(21(26)27-5-2)16-11-7-6-8-12-16/h6-15,19H,4-5H2,1-3H3/t15-,19-/m0/s1. The minimum absolute atomic E-state index is 0.0364. The Labute approximate surface area is 168 Å². The average Bonchev–Trinajstić information content (AvgIpc) is 2.72. The van der Waals surface area contributed by atoms with Crippen LogP contribution in [0.4, 0.5) is 0 Å². The minimum atomic E-state index is -0.593. The molecular weight excluding hydrogens is 372 g/mol. The number of esters is 1. The Balaban J connectivity index is 2.14. The summed E-state index contributed by atoms with van der Waals surface area (Å²) < 4.78 is 7.00. The second kappa shape index (κ2) is 9.06. The van der Waals surface area contributed by atoms with Gasteiger partial charge < -0.3 is 4.74 Å². The summed E-state index contributed by atoms with van der Waals surface area (Å²) in [5.74, 6) is -0.336. The summed E-state index contributed by atoms with van der Waals surface area (Å²) in [5, 5.41) is 0.518. The first kappa shape index (κ1) is 20.1. The van der Waals surface area contributed by atoms with Crippen LogP contribution in [0.3, 0.4) is 0 Å². The van der Waals surface area contributed by atoms with Crippen molar-refractivity contribution >= 4 is 28.6 Å². The maximum absolute atomic E-state index is 13.2. The summed E-state index contributed by atoms with van der Waals surface area (Å²) in [7, 11) is 0. The molecule has 1 heterocycles. The van der Waals surface area contributed by atoms with Crippen molar-refractivity contribution in [3.05, 3.63) is 70.5 Å². The van der Waals surface area contributed by atoms with Gasteiger partial charge in [-0.05, 0) is 38.0 Å². The molecule has 0 aliphatic heterocycles. The fourth-order valence-electron chi connectivity index (χ4n) is 2.98. The molecule has 0 N–H and O–H groups in total. The van der Waals surface area contributed by atoms with E-state index < -0.39 is 5.25 Å². The maximum atomic E-state index is 13.2. The highest BCUT2D eigenvalue weighted by atomic mass is 32.2. The fraction of sp³-hybridized carbons (Fsp3) is 0.318. The molecule has 0 fully saturated rings. The zero-order chi connectivity index (χ0) is 20.1. The molecule has 0 saturated carbocycles. The lowest BCUT2D eigenvalue weighted by Crippen LogP contribution is -2.27. The quantitative estimate of drug-likeness (QED) is 0.327. The molecule has 0 radical (unpaired) electrons. The number of nitrogens with zero attached hydrogens (tertiary/aromatic N) is 2. The molecule has 28 heavy (non-hydrogen) atoms. The molecule has 0 unspecified atom stereocenters. The van der Waals surface area contributed by atoms with E-state index >= 15 is 0 Å². The molecule has 0 spiro atoms. The molecule has 1 aromatic heterocycles. The van der Waals surface area contributed by atoms with Crippen LogP contribution in [0, 0.1) is 0 Å². The molecule has 6 heteroatoms. The summed E-state index contributed by atoms with van der Waals surface area (Å²) in [6.45, 7) is 6.10. The van der Waals surface area contributed by atoms with E-state index in [0.29, 0.717) is 22.7 Å². The third-order valence-electron chi connectivity index (χ3n) is 4.63. The number of hydrogen-bond donors (Lipinski definition) is 0. The van der Waals surface area contributed by atoms with Gasteiger partial charge in [0.05, 0.1) is 17.5 Å². The van der Waals surface area contributed by atoms with Crippen molar-refractivity contribution in [2.75, 3.05) is 6.61 Å². The lowest BCUT2D eigenvalue weighted by atomic mass is 10.1. The Kier molecular flexibility index (Phi) is 6.52. The number of aromatic nitrogens is 2. The number of ether oxygens (including phenoxy) is 1. The highest BCUT2D eigenvalue weighted by Crippen LogP contribution is 2.36. The third kappa shape index (κ3) is 4.12. The topological polar surface area (TPSA) is 61.2 Å². The first-order chi connectivity index (χ1) is 13.6. The average molecular weight is 397 g/mol. The van der Waals surface area contributed by atoms with Gasteiger partial charge in [0.15, 0.2) is 5.16 Å². The molecule has 3 rings (SSSR count). The first-order valence-corrected chi connectivity index (χ1v) is 10.3. The van der Waals surface area contributed by atoms with Crippen LogP contribution >= 0.6 is 11.8 Å². The maximum Gasteiger partial charge on any atom is 0.324 e. The van der Waals surface area contributed by atoms with E-state index in [2.05, 4.69) is 0 Å². The number of benzene rings is 2. The Bertz CT molecular complexity index is 1020. The lowest BCUT2D eigenvalue weighted by molar-refractivity contribution is -0.142. The van der Waals surface area contributed by atoms with Gasteiger partial charge in [0.25, 0.3) is 5.56 Å². The van der Waals surface area contributed by atoms with Crippen molar-refractivity contribution in [2.24, 2.45) is 0 Å². The summed E-state index contributed by atoms with van der Waals surface area (Å²) in [4.78, 5) is 30.6. The van der Waals surface area contributed by atoms with Gasteiger partial charge in [0.2, 0.25) is 0 Å². The molecule has 0 aliphatic carbocycles. The van der Waals surface area contributed by atoms with E-state index in [1.54, 1.807) is 17.6 Å². The number of thioether (sulfide) groups is 1. The van der Waals surface area contributed by atoms with Gasteiger partial charge in [-0.25, -0.2) is 4.98 Å². The molecule has 146 valence electrons. The second-order valence-corrected chi connectivity index (χ2v) is 7.58. The van der Waals surface area contributed by atoms with E-state index in [4.69, 9.17) is 9.72 Å². The van der Waals surface area contributed by atoms with Crippen molar-refractivity contribution in [1.29, 1.82) is 0 Å². The van der Waals surface area contributed by atoms with Gasteiger partial charge in [-0.3, -0.25) is 14.2 Å². The largest absolute Gasteiger partial charge is 0.465 e. The van der Waals surface area contributed by atoms with Crippen LogP contribution < -0.4 is 5.56 Å². The molecule has 2 aromatic carbocycles. The minimum Gasteiger partial charge on any atom is -0.465 e. The van der Waals surface area contributed by atoms with Gasteiger partial charge in [0.1, 0.15) is 5.25 Å². The number of carbonyl (C=O) groups excluding carboxylic acids is 1.